The van der Waals surface area contributed by atoms with Crippen LogP contribution < -0.4 is 5.32 Å². The Labute approximate surface area is 116 Å². The zero-order valence-corrected chi connectivity index (χ0v) is 10.9. The second-order valence-electron chi connectivity index (χ2n) is 4.85. The third-order valence-corrected chi connectivity index (χ3v) is 3.38. The van der Waals surface area contributed by atoms with Gasteiger partial charge in [0.1, 0.15) is 11.6 Å². The average Bonchev–Trinajstić information content (AvgIpc) is 2.47. The van der Waals surface area contributed by atoms with Crippen LogP contribution in [0.1, 0.15) is 11.7 Å². The zero-order valence-electron chi connectivity index (χ0n) is 10.9. The fourth-order valence-electron chi connectivity index (χ4n) is 2.42. The summed E-state index contributed by atoms with van der Waals surface area (Å²) >= 11 is 0. The van der Waals surface area contributed by atoms with E-state index in [4.69, 9.17) is 4.74 Å². The van der Waals surface area contributed by atoms with Crippen molar-refractivity contribution in [2.75, 3.05) is 19.7 Å². The van der Waals surface area contributed by atoms with Gasteiger partial charge in [-0.05, 0) is 34.9 Å². The monoisotopic (exact) mass is 275 g/mol. The van der Waals surface area contributed by atoms with E-state index in [9.17, 15) is 8.78 Å². The van der Waals surface area contributed by atoms with Crippen LogP contribution in [0.15, 0.2) is 42.5 Å². The van der Waals surface area contributed by atoms with E-state index in [-0.39, 0.29) is 6.10 Å². The summed E-state index contributed by atoms with van der Waals surface area (Å²) in [6.07, 6.45) is -0.0119. The predicted molar refractivity (Wildman–Crippen MR) is 73.4 cm³/mol. The molecular formula is C16H15F2NO. The Bertz CT molecular complexity index is 589. The minimum absolute atomic E-state index is 0.0119. The summed E-state index contributed by atoms with van der Waals surface area (Å²) in [5.41, 5.74) is 2.34. The molecule has 1 saturated heterocycles. The first-order chi connectivity index (χ1) is 9.72. The Morgan fingerprint density at radius 3 is 2.50 bits per heavy atom. The van der Waals surface area contributed by atoms with Gasteiger partial charge in [-0.3, -0.25) is 0 Å². The minimum atomic E-state index is -0.569. The molecule has 1 N–H and O–H groups in total. The van der Waals surface area contributed by atoms with E-state index in [1.54, 1.807) is 0 Å². The van der Waals surface area contributed by atoms with E-state index >= 15 is 0 Å². The van der Waals surface area contributed by atoms with Gasteiger partial charge in [0.05, 0.1) is 12.7 Å². The second-order valence-corrected chi connectivity index (χ2v) is 4.85. The van der Waals surface area contributed by atoms with Crippen LogP contribution in [0.4, 0.5) is 8.78 Å². The molecule has 0 spiro atoms. The molecule has 2 nitrogen and oxygen atoms in total. The normalized spacial score (nSPS) is 19.0. The molecule has 0 aliphatic carbocycles. The van der Waals surface area contributed by atoms with E-state index in [1.165, 1.54) is 12.1 Å². The lowest BCUT2D eigenvalue weighted by Gasteiger charge is -2.24. The van der Waals surface area contributed by atoms with Crippen LogP contribution in [0.5, 0.6) is 0 Å². The molecule has 1 aliphatic rings. The molecule has 1 fully saturated rings. The highest BCUT2D eigenvalue weighted by atomic mass is 19.1. The van der Waals surface area contributed by atoms with E-state index in [1.807, 2.05) is 24.3 Å². The Morgan fingerprint density at radius 1 is 1.00 bits per heavy atom. The lowest BCUT2D eigenvalue weighted by molar-refractivity contribution is 0.0277. The summed E-state index contributed by atoms with van der Waals surface area (Å²) in [4.78, 5) is 0. The SMILES string of the molecule is Fc1cc(F)cc(-c2cccc(C3CNCCO3)c2)c1. The average molecular weight is 275 g/mol. The van der Waals surface area contributed by atoms with Crippen LogP contribution in [0, 0.1) is 11.6 Å². The van der Waals surface area contributed by atoms with Crippen molar-refractivity contribution in [1.82, 2.24) is 5.32 Å². The Kier molecular flexibility index (Phi) is 3.76. The molecule has 0 aromatic heterocycles. The third kappa shape index (κ3) is 2.86. The van der Waals surface area contributed by atoms with Gasteiger partial charge < -0.3 is 10.1 Å². The topological polar surface area (TPSA) is 21.3 Å². The number of hydrogen-bond donors (Lipinski definition) is 1. The summed E-state index contributed by atoms with van der Waals surface area (Å²) in [6.45, 7) is 2.27. The van der Waals surface area contributed by atoms with Crippen LogP contribution in [0.2, 0.25) is 0 Å². The van der Waals surface area contributed by atoms with Crippen LogP contribution >= 0.6 is 0 Å². The number of rotatable bonds is 2. The summed E-state index contributed by atoms with van der Waals surface area (Å²) in [5, 5.41) is 3.27. The van der Waals surface area contributed by atoms with E-state index in [0.717, 1.165) is 30.3 Å². The fraction of sp³-hybridized carbons (Fsp3) is 0.250. The molecule has 0 saturated carbocycles. The predicted octanol–water partition coefficient (Wildman–Crippen LogP) is 3.29. The number of morpholine rings is 1. The van der Waals surface area contributed by atoms with Gasteiger partial charge in [-0.25, -0.2) is 8.78 Å². The molecule has 20 heavy (non-hydrogen) atoms. The van der Waals surface area contributed by atoms with Crippen molar-refractivity contribution >= 4 is 0 Å². The molecule has 104 valence electrons. The highest BCUT2D eigenvalue weighted by molar-refractivity contribution is 5.64. The van der Waals surface area contributed by atoms with Crippen LogP contribution in [0.25, 0.3) is 11.1 Å². The van der Waals surface area contributed by atoms with Crippen LogP contribution in [0.3, 0.4) is 0 Å². The Morgan fingerprint density at radius 2 is 1.80 bits per heavy atom. The van der Waals surface area contributed by atoms with Crippen molar-refractivity contribution in [1.29, 1.82) is 0 Å². The first-order valence-electron chi connectivity index (χ1n) is 6.61. The highest BCUT2D eigenvalue weighted by Crippen LogP contribution is 2.26. The lowest BCUT2D eigenvalue weighted by Crippen LogP contribution is -2.33. The first-order valence-corrected chi connectivity index (χ1v) is 6.61. The van der Waals surface area contributed by atoms with Gasteiger partial charge in [-0.15, -0.1) is 0 Å². The fourth-order valence-corrected chi connectivity index (χ4v) is 2.42. The molecule has 1 atom stereocenters. The first kappa shape index (κ1) is 13.2. The van der Waals surface area contributed by atoms with Gasteiger partial charge in [0.25, 0.3) is 0 Å². The number of benzene rings is 2. The zero-order chi connectivity index (χ0) is 13.9. The quantitative estimate of drug-likeness (QED) is 0.908. The maximum Gasteiger partial charge on any atom is 0.126 e. The molecular weight excluding hydrogens is 260 g/mol. The number of nitrogens with one attached hydrogen (secondary N) is 1. The van der Waals surface area contributed by atoms with Crippen molar-refractivity contribution in [3.05, 3.63) is 59.7 Å². The largest absolute Gasteiger partial charge is 0.371 e. The second kappa shape index (κ2) is 5.69. The molecule has 0 radical (unpaired) electrons. The summed E-state index contributed by atoms with van der Waals surface area (Å²) < 4.78 is 32.3. The standard InChI is InChI=1S/C16H15F2NO/c17-14-7-13(8-15(18)9-14)11-2-1-3-12(6-11)16-10-19-4-5-20-16/h1-3,6-9,16,19H,4-5,10H2. The van der Waals surface area contributed by atoms with Crippen molar-refractivity contribution in [3.63, 3.8) is 0 Å². The van der Waals surface area contributed by atoms with Gasteiger partial charge in [-0.1, -0.05) is 18.2 Å². The summed E-state index contributed by atoms with van der Waals surface area (Å²) in [5.74, 6) is -1.14. The van der Waals surface area contributed by atoms with Gasteiger partial charge in [0, 0.05) is 19.2 Å². The molecule has 0 amide bonds. The molecule has 2 aromatic carbocycles. The van der Waals surface area contributed by atoms with Gasteiger partial charge in [0.15, 0.2) is 0 Å². The van der Waals surface area contributed by atoms with Gasteiger partial charge in [0.2, 0.25) is 0 Å². The van der Waals surface area contributed by atoms with E-state index in [0.29, 0.717) is 12.2 Å². The molecule has 1 heterocycles. The molecule has 4 heteroatoms. The van der Waals surface area contributed by atoms with Crippen LogP contribution in [-0.4, -0.2) is 19.7 Å². The smallest absolute Gasteiger partial charge is 0.126 e. The van der Waals surface area contributed by atoms with E-state index in [2.05, 4.69) is 5.32 Å². The summed E-state index contributed by atoms with van der Waals surface area (Å²) in [6, 6.07) is 11.2. The van der Waals surface area contributed by atoms with Gasteiger partial charge in [-0.2, -0.15) is 0 Å². The maximum absolute atomic E-state index is 13.3. The maximum atomic E-state index is 13.3. The van der Waals surface area contributed by atoms with E-state index < -0.39 is 11.6 Å². The minimum Gasteiger partial charge on any atom is -0.371 e. The van der Waals surface area contributed by atoms with Crippen molar-refractivity contribution in [3.8, 4) is 11.1 Å². The van der Waals surface area contributed by atoms with Crippen molar-refractivity contribution in [2.45, 2.75) is 6.10 Å². The summed E-state index contributed by atoms with van der Waals surface area (Å²) in [7, 11) is 0. The number of hydrogen-bond acceptors (Lipinski definition) is 2. The van der Waals surface area contributed by atoms with Gasteiger partial charge >= 0.3 is 0 Å². The number of halogens is 2. The molecule has 3 rings (SSSR count). The highest BCUT2D eigenvalue weighted by Gasteiger charge is 2.16. The third-order valence-electron chi connectivity index (χ3n) is 3.38. The Balaban J connectivity index is 1.93. The molecule has 1 aliphatic heterocycles. The lowest BCUT2D eigenvalue weighted by atomic mass is 10.00. The molecule has 2 aromatic rings. The van der Waals surface area contributed by atoms with Crippen molar-refractivity contribution in [2.24, 2.45) is 0 Å². The van der Waals surface area contributed by atoms with Crippen LogP contribution in [-0.2, 0) is 4.74 Å². The molecule has 0 bridgehead atoms. The molecule has 1 unspecified atom stereocenters. The van der Waals surface area contributed by atoms with Crippen molar-refractivity contribution < 1.29 is 13.5 Å². The Hall–Kier alpha value is -1.78. The number of ether oxygens (including phenoxy) is 1.